The summed E-state index contributed by atoms with van der Waals surface area (Å²) in [5, 5.41) is 10.4. The Balaban J connectivity index is 1.74. The zero-order valence-electron chi connectivity index (χ0n) is 13.1. The predicted molar refractivity (Wildman–Crippen MR) is 86.7 cm³/mol. The number of hydrogen-bond acceptors (Lipinski definition) is 7. The number of fused-ring (bicyclic) bond motifs is 1. The second kappa shape index (κ2) is 5.77. The van der Waals surface area contributed by atoms with E-state index in [2.05, 4.69) is 19.6 Å². The Morgan fingerprint density at radius 2 is 2.24 bits per heavy atom. The van der Waals surface area contributed by atoms with Crippen LogP contribution in [0, 0.1) is 5.82 Å². The average molecular weight is 367 g/mol. The molecular weight excluding hydrogens is 353 g/mol. The first-order valence-electron chi connectivity index (χ1n) is 7.44. The minimum absolute atomic E-state index is 0.0258. The molecule has 0 spiro atoms. The average Bonchev–Trinajstić information content (AvgIpc) is 2.85. The van der Waals surface area contributed by atoms with Crippen LogP contribution in [0.15, 0.2) is 12.3 Å². The summed E-state index contributed by atoms with van der Waals surface area (Å²) in [6.07, 6.45) is 1.28. The molecule has 2 aliphatic rings. The van der Waals surface area contributed by atoms with E-state index < -0.39 is 28.6 Å². The highest BCUT2D eigenvalue weighted by Gasteiger charge is 2.33. The number of aromatic hydroxyl groups is 1. The lowest BCUT2D eigenvalue weighted by Crippen LogP contribution is -2.51. The van der Waals surface area contributed by atoms with Crippen molar-refractivity contribution in [2.24, 2.45) is 0 Å². The summed E-state index contributed by atoms with van der Waals surface area (Å²) in [4.78, 5) is 21.5. The van der Waals surface area contributed by atoms with Gasteiger partial charge in [0.2, 0.25) is 11.2 Å². The molecule has 2 aromatic rings. The van der Waals surface area contributed by atoms with E-state index in [1.165, 1.54) is 12.3 Å². The standard InChI is InChI=1S/C14H14FN5O4S/c1-19-4-8(5-19)24-14-16-3-7-2-9(21)13(11(15)12(7)17-14)20-6-10(22)18-25(20)23/h2-3,8,21H,4-6H2,1H3,(H,18,22). The van der Waals surface area contributed by atoms with Crippen LogP contribution in [0.5, 0.6) is 11.8 Å². The molecular formula is C14H14FN5O4S. The molecule has 25 heavy (non-hydrogen) atoms. The zero-order valence-corrected chi connectivity index (χ0v) is 13.9. The van der Waals surface area contributed by atoms with Crippen LogP contribution in [-0.2, 0) is 16.0 Å². The molecule has 0 aliphatic carbocycles. The number of nitrogens with one attached hydrogen (secondary N) is 1. The van der Waals surface area contributed by atoms with E-state index in [1.54, 1.807) is 0 Å². The number of phenols is 1. The number of nitrogens with zero attached hydrogens (tertiary/aromatic N) is 4. The van der Waals surface area contributed by atoms with Crippen molar-refractivity contribution >= 4 is 33.7 Å². The number of phenolic OH excluding ortho intramolecular Hbond substituents is 1. The number of halogens is 1. The van der Waals surface area contributed by atoms with Crippen molar-refractivity contribution in [2.75, 3.05) is 31.0 Å². The minimum Gasteiger partial charge on any atom is -0.506 e. The van der Waals surface area contributed by atoms with Gasteiger partial charge in [0.1, 0.15) is 29.6 Å². The largest absolute Gasteiger partial charge is 0.506 e. The quantitative estimate of drug-likeness (QED) is 0.766. The first-order valence-corrected chi connectivity index (χ1v) is 8.55. The molecule has 2 saturated heterocycles. The molecule has 2 N–H and O–H groups in total. The molecule has 0 radical (unpaired) electrons. The molecule has 1 unspecified atom stereocenters. The fourth-order valence-corrected chi connectivity index (χ4v) is 3.74. The molecule has 0 saturated carbocycles. The molecule has 1 aromatic carbocycles. The molecule has 1 atom stereocenters. The third-order valence-electron chi connectivity index (χ3n) is 3.99. The third kappa shape index (κ3) is 2.74. The van der Waals surface area contributed by atoms with Crippen molar-refractivity contribution in [1.82, 2.24) is 19.6 Å². The Labute approximate surface area is 144 Å². The van der Waals surface area contributed by atoms with Crippen LogP contribution in [0.25, 0.3) is 10.9 Å². The molecule has 132 valence electrons. The molecule has 3 heterocycles. The summed E-state index contributed by atoms with van der Waals surface area (Å²) in [6.45, 7) is 1.13. The third-order valence-corrected chi connectivity index (χ3v) is 5.10. The van der Waals surface area contributed by atoms with Crippen LogP contribution in [0.4, 0.5) is 10.1 Å². The van der Waals surface area contributed by atoms with E-state index in [0.29, 0.717) is 0 Å². The maximum atomic E-state index is 14.9. The summed E-state index contributed by atoms with van der Waals surface area (Å²) in [5.41, 5.74) is -0.431. The van der Waals surface area contributed by atoms with Crippen LogP contribution >= 0.6 is 0 Å². The molecule has 2 fully saturated rings. The summed E-state index contributed by atoms with van der Waals surface area (Å²) in [7, 11) is 1.95. The number of likely N-dealkylation sites (N-methyl/N-ethyl adjacent to an activating group) is 1. The lowest BCUT2D eigenvalue weighted by Gasteiger charge is -2.35. The molecule has 1 amide bonds. The predicted octanol–water partition coefficient (Wildman–Crippen LogP) is -0.318. The number of anilines is 1. The van der Waals surface area contributed by atoms with Gasteiger partial charge in [-0.25, -0.2) is 13.6 Å². The van der Waals surface area contributed by atoms with Crippen molar-refractivity contribution in [2.45, 2.75) is 6.10 Å². The van der Waals surface area contributed by atoms with Gasteiger partial charge in [-0.2, -0.15) is 4.98 Å². The second-order valence-electron chi connectivity index (χ2n) is 5.92. The van der Waals surface area contributed by atoms with Gasteiger partial charge in [0.15, 0.2) is 5.82 Å². The number of ether oxygens (including phenoxy) is 1. The summed E-state index contributed by atoms with van der Waals surface area (Å²) >= 11 is -1.96. The van der Waals surface area contributed by atoms with Crippen LogP contribution < -0.4 is 13.8 Å². The first kappa shape index (κ1) is 16.0. The molecule has 2 aliphatic heterocycles. The highest BCUT2D eigenvalue weighted by Crippen LogP contribution is 2.37. The highest BCUT2D eigenvalue weighted by molar-refractivity contribution is 7.85. The zero-order chi connectivity index (χ0) is 17.7. The van der Waals surface area contributed by atoms with Crippen LogP contribution in [0.1, 0.15) is 0 Å². The summed E-state index contributed by atoms with van der Waals surface area (Å²) in [6, 6.07) is 1.28. The van der Waals surface area contributed by atoms with Crippen LogP contribution in [0.3, 0.4) is 0 Å². The smallest absolute Gasteiger partial charge is 0.317 e. The van der Waals surface area contributed by atoms with Gasteiger partial charge >= 0.3 is 6.01 Å². The number of amides is 1. The minimum atomic E-state index is -1.96. The van der Waals surface area contributed by atoms with E-state index in [4.69, 9.17) is 4.74 Å². The van der Waals surface area contributed by atoms with Crippen molar-refractivity contribution in [3.05, 3.63) is 18.1 Å². The van der Waals surface area contributed by atoms with E-state index >= 15 is 0 Å². The van der Waals surface area contributed by atoms with Gasteiger partial charge in [-0.05, 0) is 13.1 Å². The van der Waals surface area contributed by atoms with Gasteiger partial charge in [0.25, 0.3) is 5.91 Å². The first-order chi connectivity index (χ1) is 11.9. The number of carbonyl (C=O) groups excluding carboxylic acids is 1. The van der Waals surface area contributed by atoms with Gasteiger partial charge in [0, 0.05) is 24.7 Å². The molecule has 11 heteroatoms. The Bertz CT molecular complexity index is 904. The maximum absolute atomic E-state index is 14.9. The van der Waals surface area contributed by atoms with Crippen molar-refractivity contribution in [1.29, 1.82) is 0 Å². The molecule has 0 bridgehead atoms. The van der Waals surface area contributed by atoms with Crippen LogP contribution in [0.2, 0.25) is 0 Å². The number of hydrogen-bond donors (Lipinski definition) is 2. The van der Waals surface area contributed by atoms with Gasteiger partial charge in [0.05, 0.1) is 0 Å². The van der Waals surface area contributed by atoms with Gasteiger partial charge in [-0.1, -0.05) is 0 Å². The Kier molecular flexibility index (Phi) is 3.69. The Morgan fingerprint density at radius 3 is 2.88 bits per heavy atom. The second-order valence-corrected chi connectivity index (χ2v) is 7.06. The van der Waals surface area contributed by atoms with Gasteiger partial charge in [-0.3, -0.25) is 18.7 Å². The van der Waals surface area contributed by atoms with Crippen molar-refractivity contribution < 1.29 is 23.2 Å². The lowest BCUT2D eigenvalue weighted by molar-refractivity contribution is -0.117. The fourth-order valence-electron chi connectivity index (χ4n) is 2.79. The molecule has 4 rings (SSSR count). The van der Waals surface area contributed by atoms with Crippen molar-refractivity contribution in [3.8, 4) is 11.8 Å². The Morgan fingerprint density at radius 1 is 1.48 bits per heavy atom. The van der Waals surface area contributed by atoms with E-state index in [-0.39, 0.29) is 35.2 Å². The molecule has 9 nitrogen and oxygen atoms in total. The van der Waals surface area contributed by atoms with E-state index in [1.807, 2.05) is 7.05 Å². The number of likely N-dealkylation sites (tertiary alicyclic amines) is 1. The summed E-state index contributed by atoms with van der Waals surface area (Å²) < 4.78 is 35.5. The number of rotatable bonds is 3. The summed E-state index contributed by atoms with van der Waals surface area (Å²) in [5.74, 6) is -1.87. The lowest BCUT2D eigenvalue weighted by atomic mass is 10.2. The number of aromatic nitrogens is 2. The number of benzene rings is 1. The molecule has 1 aromatic heterocycles. The van der Waals surface area contributed by atoms with Crippen LogP contribution in [-0.4, -0.2) is 62.9 Å². The Hall–Kier alpha value is -2.53. The van der Waals surface area contributed by atoms with Gasteiger partial charge < -0.3 is 9.84 Å². The fraction of sp³-hybridized carbons (Fsp3) is 0.357. The van der Waals surface area contributed by atoms with E-state index in [0.717, 1.165) is 17.4 Å². The monoisotopic (exact) mass is 367 g/mol. The SMILES string of the molecule is CN1CC(Oc2ncc3cc(O)c(N4CC(=O)NS4=O)c(F)c3n2)C1. The maximum Gasteiger partial charge on any atom is 0.317 e. The highest BCUT2D eigenvalue weighted by atomic mass is 32.2. The topological polar surface area (TPSA) is 108 Å². The van der Waals surface area contributed by atoms with E-state index in [9.17, 15) is 18.5 Å². The number of carbonyl (C=O) groups is 1. The van der Waals surface area contributed by atoms with Gasteiger partial charge in [-0.15, -0.1) is 0 Å². The van der Waals surface area contributed by atoms with Crippen molar-refractivity contribution in [3.63, 3.8) is 0 Å². The normalized spacial score (nSPS) is 21.4.